The number of benzene rings is 1. The Hall–Kier alpha value is -3.76. The van der Waals surface area contributed by atoms with Gasteiger partial charge in [-0.2, -0.15) is 0 Å². The highest BCUT2D eigenvalue weighted by molar-refractivity contribution is 6.38. The van der Waals surface area contributed by atoms with Crippen LogP contribution in [-0.4, -0.2) is 78.0 Å². The average Bonchev–Trinajstić information content (AvgIpc) is 3.69. The Balaban J connectivity index is 1.46. The van der Waals surface area contributed by atoms with Gasteiger partial charge in [-0.15, -0.1) is 0 Å². The number of nitrogens with one attached hydrogen (secondary N) is 4. The number of piperidine rings is 1. The number of rotatable bonds is 16. The van der Waals surface area contributed by atoms with Crippen molar-refractivity contribution in [3.05, 3.63) is 35.9 Å². The highest BCUT2D eigenvalue weighted by atomic mass is 16.2. The molecule has 4 rings (SSSR count). The predicted octanol–water partition coefficient (Wildman–Crippen LogP) is 2.17. The van der Waals surface area contributed by atoms with Crippen molar-refractivity contribution in [3.8, 4) is 0 Å². The van der Waals surface area contributed by atoms with E-state index in [1.165, 1.54) is 4.90 Å². The van der Waals surface area contributed by atoms with Crippen LogP contribution in [0.15, 0.2) is 30.3 Å². The number of likely N-dealkylation sites (N-methyl/N-ethyl adjacent to an activating group) is 1. The van der Waals surface area contributed by atoms with E-state index in [0.717, 1.165) is 50.5 Å². The van der Waals surface area contributed by atoms with E-state index in [-0.39, 0.29) is 42.5 Å². The van der Waals surface area contributed by atoms with Gasteiger partial charge in [0.05, 0.1) is 6.04 Å². The second kappa shape index (κ2) is 16.5. The molecule has 4 N–H and O–H groups in total. The van der Waals surface area contributed by atoms with Crippen molar-refractivity contribution in [3.63, 3.8) is 0 Å². The van der Waals surface area contributed by atoms with Gasteiger partial charge in [-0.25, -0.2) is 0 Å². The molecule has 5 amide bonds. The first-order valence-electron chi connectivity index (χ1n) is 16.7. The van der Waals surface area contributed by atoms with Crippen molar-refractivity contribution in [1.29, 1.82) is 0 Å². The number of amides is 5. The van der Waals surface area contributed by atoms with Gasteiger partial charge in [0, 0.05) is 32.0 Å². The molecular formula is C34H49N5O6. The number of Topliss-reactive ketones (excluding diaryl/α,β-unsaturated/α-hetero) is 1. The summed E-state index contributed by atoms with van der Waals surface area (Å²) in [5.41, 5.74) is 1.04. The zero-order chi connectivity index (χ0) is 32.3. The second-order valence-corrected chi connectivity index (χ2v) is 12.9. The SMILES string of the molecule is CCC[C@@H](C(=O)N[C@@H](C[C@@H]1CCCNC1=O)C(=O)C(=O)NC1CC1)N(C)C(=O)[C@H](NC(=O)CCc1ccccc1)C1CCCC1. The van der Waals surface area contributed by atoms with Gasteiger partial charge in [0.1, 0.15) is 12.1 Å². The average molecular weight is 624 g/mol. The maximum absolute atomic E-state index is 14.0. The Morgan fingerprint density at radius 2 is 1.67 bits per heavy atom. The smallest absolute Gasteiger partial charge is 0.289 e. The number of carbonyl (C=O) groups is 6. The van der Waals surface area contributed by atoms with Gasteiger partial charge in [0.15, 0.2) is 0 Å². The maximum atomic E-state index is 14.0. The Morgan fingerprint density at radius 1 is 0.956 bits per heavy atom. The minimum Gasteiger partial charge on any atom is -0.356 e. The first kappa shape index (κ1) is 34.1. The minimum atomic E-state index is -1.20. The Morgan fingerprint density at radius 3 is 2.31 bits per heavy atom. The molecule has 3 fully saturated rings. The normalized spacial score (nSPS) is 20.3. The van der Waals surface area contributed by atoms with Gasteiger partial charge in [-0.05, 0) is 69.3 Å². The number of carbonyl (C=O) groups excluding carboxylic acids is 6. The Labute approximate surface area is 266 Å². The topological polar surface area (TPSA) is 154 Å². The summed E-state index contributed by atoms with van der Waals surface area (Å²) >= 11 is 0. The first-order valence-corrected chi connectivity index (χ1v) is 16.7. The molecule has 0 bridgehead atoms. The van der Waals surface area contributed by atoms with Crippen molar-refractivity contribution in [2.75, 3.05) is 13.6 Å². The van der Waals surface area contributed by atoms with Gasteiger partial charge in [-0.3, -0.25) is 28.8 Å². The van der Waals surface area contributed by atoms with Gasteiger partial charge in [0.2, 0.25) is 29.4 Å². The van der Waals surface area contributed by atoms with Gasteiger partial charge < -0.3 is 26.2 Å². The van der Waals surface area contributed by atoms with E-state index in [0.29, 0.717) is 32.2 Å². The Bertz CT molecular complexity index is 1210. The van der Waals surface area contributed by atoms with Gasteiger partial charge in [-0.1, -0.05) is 56.5 Å². The van der Waals surface area contributed by atoms with Crippen molar-refractivity contribution in [2.24, 2.45) is 11.8 Å². The summed E-state index contributed by atoms with van der Waals surface area (Å²) in [5.74, 6) is -3.41. The molecule has 2 saturated carbocycles. The molecule has 246 valence electrons. The van der Waals surface area contributed by atoms with Crippen molar-refractivity contribution in [2.45, 2.75) is 115 Å². The van der Waals surface area contributed by atoms with Crippen LogP contribution in [0.3, 0.4) is 0 Å². The fourth-order valence-electron chi connectivity index (χ4n) is 6.45. The van der Waals surface area contributed by atoms with Crippen LogP contribution in [0.5, 0.6) is 0 Å². The lowest BCUT2D eigenvalue weighted by atomic mass is 9.89. The molecule has 0 spiro atoms. The van der Waals surface area contributed by atoms with E-state index in [2.05, 4.69) is 21.3 Å². The van der Waals surface area contributed by atoms with Crippen molar-refractivity contribution >= 4 is 35.3 Å². The van der Waals surface area contributed by atoms with Crippen LogP contribution < -0.4 is 21.3 Å². The number of nitrogens with zero attached hydrogens (tertiary/aromatic N) is 1. The zero-order valence-corrected chi connectivity index (χ0v) is 26.6. The molecule has 11 heteroatoms. The van der Waals surface area contributed by atoms with E-state index in [4.69, 9.17) is 0 Å². The molecule has 0 aromatic heterocycles. The standard InChI is InChI=1S/C34H49N5O6/c1-3-10-27(32(43)37-26(21-24-15-9-20-35-31(24)42)30(41)33(44)36-25-17-18-25)39(2)34(45)29(23-13-7-8-14-23)38-28(40)19-16-22-11-5-4-6-12-22/h4-6,11-12,23-27,29H,3,7-10,13-21H2,1-2H3,(H,35,42)(H,36,44)(H,37,43)(H,38,40)/t24-,26-,27-,29+/m0/s1. The highest BCUT2D eigenvalue weighted by Crippen LogP contribution is 2.29. The van der Waals surface area contributed by atoms with Gasteiger partial charge in [0.25, 0.3) is 5.91 Å². The number of ketones is 1. The lowest BCUT2D eigenvalue weighted by Crippen LogP contribution is -2.58. The van der Waals surface area contributed by atoms with Crippen LogP contribution in [0.1, 0.15) is 89.5 Å². The molecule has 11 nitrogen and oxygen atoms in total. The maximum Gasteiger partial charge on any atom is 0.289 e. The summed E-state index contributed by atoms with van der Waals surface area (Å²) in [6.07, 6.45) is 8.18. The van der Waals surface area contributed by atoms with Crippen LogP contribution in [0.2, 0.25) is 0 Å². The first-order chi connectivity index (χ1) is 21.7. The molecule has 45 heavy (non-hydrogen) atoms. The molecule has 1 heterocycles. The fourth-order valence-corrected chi connectivity index (χ4v) is 6.45. The van der Waals surface area contributed by atoms with E-state index >= 15 is 0 Å². The summed E-state index contributed by atoms with van der Waals surface area (Å²) in [5, 5.41) is 11.2. The fraction of sp³-hybridized carbons (Fsp3) is 0.647. The summed E-state index contributed by atoms with van der Waals surface area (Å²) in [4.78, 5) is 80.8. The third-order valence-corrected chi connectivity index (χ3v) is 9.31. The molecule has 0 unspecified atom stereocenters. The summed E-state index contributed by atoms with van der Waals surface area (Å²) in [7, 11) is 1.56. The molecule has 1 aromatic carbocycles. The number of aryl methyl sites for hydroxylation is 1. The lowest BCUT2D eigenvalue weighted by molar-refractivity contribution is -0.145. The second-order valence-electron chi connectivity index (χ2n) is 12.9. The summed E-state index contributed by atoms with van der Waals surface area (Å²) in [6, 6.07) is 6.77. The van der Waals surface area contributed by atoms with Gasteiger partial charge >= 0.3 is 0 Å². The summed E-state index contributed by atoms with van der Waals surface area (Å²) < 4.78 is 0. The monoisotopic (exact) mass is 623 g/mol. The molecule has 4 atom stereocenters. The predicted molar refractivity (Wildman–Crippen MR) is 169 cm³/mol. The highest BCUT2D eigenvalue weighted by Gasteiger charge is 2.40. The van der Waals surface area contributed by atoms with E-state index in [1.54, 1.807) is 7.05 Å². The molecule has 1 aromatic rings. The molecular weight excluding hydrogens is 574 g/mol. The number of hydrogen-bond donors (Lipinski definition) is 4. The van der Waals surface area contributed by atoms with Crippen LogP contribution >= 0.6 is 0 Å². The molecule has 0 radical (unpaired) electrons. The molecule has 2 aliphatic carbocycles. The molecule has 1 aliphatic heterocycles. The zero-order valence-electron chi connectivity index (χ0n) is 26.6. The van der Waals surface area contributed by atoms with Crippen LogP contribution in [0.4, 0.5) is 0 Å². The minimum absolute atomic E-state index is 0.00711. The molecule has 1 saturated heterocycles. The number of hydrogen-bond acceptors (Lipinski definition) is 6. The third kappa shape index (κ3) is 9.86. The van der Waals surface area contributed by atoms with Crippen molar-refractivity contribution in [1.82, 2.24) is 26.2 Å². The van der Waals surface area contributed by atoms with E-state index in [1.807, 2.05) is 37.3 Å². The largest absolute Gasteiger partial charge is 0.356 e. The van der Waals surface area contributed by atoms with Crippen LogP contribution in [-0.2, 0) is 35.2 Å². The van der Waals surface area contributed by atoms with Crippen LogP contribution in [0.25, 0.3) is 0 Å². The lowest BCUT2D eigenvalue weighted by Gasteiger charge is -2.34. The third-order valence-electron chi connectivity index (χ3n) is 9.31. The van der Waals surface area contributed by atoms with E-state index in [9.17, 15) is 28.8 Å². The molecule has 3 aliphatic rings. The summed E-state index contributed by atoms with van der Waals surface area (Å²) in [6.45, 7) is 2.45. The quantitative estimate of drug-likeness (QED) is 0.207. The van der Waals surface area contributed by atoms with Crippen molar-refractivity contribution < 1.29 is 28.8 Å². The van der Waals surface area contributed by atoms with E-state index < -0.39 is 41.6 Å². The van der Waals surface area contributed by atoms with Crippen LogP contribution in [0, 0.1) is 11.8 Å². The Kier molecular flexibility index (Phi) is 12.5.